The third kappa shape index (κ3) is 5.44. The van der Waals surface area contributed by atoms with Crippen molar-refractivity contribution >= 4 is 23.2 Å². The summed E-state index contributed by atoms with van der Waals surface area (Å²) < 4.78 is 0. The van der Waals surface area contributed by atoms with Gasteiger partial charge in [-0.25, -0.2) is 0 Å². The van der Waals surface area contributed by atoms with E-state index in [1.807, 2.05) is 30.3 Å². The molecule has 2 rings (SSSR count). The van der Waals surface area contributed by atoms with Gasteiger partial charge in [-0.3, -0.25) is 20.4 Å². The van der Waals surface area contributed by atoms with Gasteiger partial charge in [0, 0.05) is 11.3 Å². The molecule has 0 saturated carbocycles. The number of rotatable bonds is 6. The summed E-state index contributed by atoms with van der Waals surface area (Å²) in [5.41, 5.74) is 7.22. The van der Waals surface area contributed by atoms with Crippen LogP contribution in [0.2, 0.25) is 0 Å². The minimum Gasteiger partial charge on any atom is -0.393 e. The molecule has 6 nitrogen and oxygen atoms in total. The summed E-state index contributed by atoms with van der Waals surface area (Å²) in [6, 6.07) is 15.8. The molecule has 0 bridgehead atoms. The molecule has 2 amide bonds. The van der Waals surface area contributed by atoms with E-state index in [1.54, 1.807) is 31.2 Å². The number of hydrazine groups is 1. The Hall–Kier alpha value is -2.86. The van der Waals surface area contributed by atoms with Gasteiger partial charge in [0.2, 0.25) is 5.91 Å². The molecule has 23 heavy (non-hydrogen) atoms. The third-order valence-electron chi connectivity index (χ3n) is 3.01. The summed E-state index contributed by atoms with van der Waals surface area (Å²) in [6.07, 6.45) is -0.660. The zero-order valence-corrected chi connectivity index (χ0v) is 12.7. The van der Waals surface area contributed by atoms with Crippen LogP contribution in [0.5, 0.6) is 0 Å². The summed E-state index contributed by atoms with van der Waals surface area (Å²) in [5, 5.41) is 11.8. The topological polar surface area (TPSA) is 90.5 Å². The number of benzene rings is 2. The van der Waals surface area contributed by atoms with Gasteiger partial charge < -0.3 is 10.4 Å². The number of hydrogen-bond acceptors (Lipinski definition) is 4. The highest BCUT2D eigenvalue weighted by Crippen LogP contribution is 2.11. The van der Waals surface area contributed by atoms with Gasteiger partial charge in [0.25, 0.3) is 5.91 Å². The van der Waals surface area contributed by atoms with Crippen LogP contribution in [0.4, 0.5) is 11.4 Å². The van der Waals surface area contributed by atoms with Crippen molar-refractivity contribution in [3.8, 4) is 0 Å². The van der Waals surface area contributed by atoms with E-state index in [9.17, 15) is 9.59 Å². The Labute approximate surface area is 134 Å². The van der Waals surface area contributed by atoms with Crippen LogP contribution in [-0.4, -0.2) is 23.0 Å². The molecular weight excluding hydrogens is 294 g/mol. The lowest BCUT2D eigenvalue weighted by atomic mass is 10.2. The van der Waals surface area contributed by atoms with Crippen LogP contribution in [0, 0.1) is 0 Å². The molecule has 0 aromatic heterocycles. The molecule has 2 aromatic carbocycles. The number of para-hydroxylation sites is 1. The van der Waals surface area contributed by atoms with E-state index in [0.717, 1.165) is 5.69 Å². The Morgan fingerprint density at radius 3 is 2.26 bits per heavy atom. The van der Waals surface area contributed by atoms with Gasteiger partial charge in [0.1, 0.15) is 0 Å². The second kappa shape index (κ2) is 7.95. The molecule has 0 aliphatic heterocycles. The highest BCUT2D eigenvalue weighted by Gasteiger charge is 2.08. The van der Waals surface area contributed by atoms with Crippen molar-refractivity contribution in [1.29, 1.82) is 0 Å². The van der Waals surface area contributed by atoms with Crippen LogP contribution in [0.3, 0.4) is 0 Å². The third-order valence-corrected chi connectivity index (χ3v) is 3.01. The SMILES string of the molecule is CC(O)CC(=O)Nc1ccc(C(=O)NNc2ccccc2)cc1. The van der Waals surface area contributed by atoms with Gasteiger partial charge in [0.15, 0.2) is 0 Å². The largest absolute Gasteiger partial charge is 0.393 e. The van der Waals surface area contributed by atoms with Gasteiger partial charge in [-0.15, -0.1) is 0 Å². The van der Waals surface area contributed by atoms with Gasteiger partial charge >= 0.3 is 0 Å². The molecule has 0 aliphatic rings. The molecule has 0 radical (unpaired) electrons. The van der Waals surface area contributed by atoms with Crippen molar-refractivity contribution in [2.75, 3.05) is 10.7 Å². The standard InChI is InChI=1S/C17H19N3O3/c1-12(21)11-16(22)18-14-9-7-13(8-10-14)17(23)20-19-15-5-3-2-4-6-15/h2-10,12,19,21H,11H2,1H3,(H,18,22)(H,20,23). The summed E-state index contributed by atoms with van der Waals surface area (Å²) in [7, 11) is 0. The van der Waals surface area contributed by atoms with E-state index in [2.05, 4.69) is 16.2 Å². The Bertz CT molecular complexity index is 655. The lowest BCUT2D eigenvalue weighted by molar-refractivity contribution is -0.117. The fraction of sp³-hybridized carbons (Fsp3) is 0.176. The maximum Gasteiger partial charge on any atom is 0.269 e. The highest BCUT2D eigenvalue weighted by molar-refractivity contribution is 5.96. The van der Waals surface area contributed by atoms with E-state index in [1.165, 1.54) is 0 Å². The summed E-state index contributed by atoms with van der Waals surface area (Å²) in [5.74, 6) is -0.557. The molecule has 0 heterocycles. The average molecular weight is 313 g/mol. The number of carbonyl (C=O) groups is 2. The molecule has 6 heteroatoms. The Morgan fingerprint density at radius 1 is 1.00 bits per heavy atom. The quantitative estimate of drug-likeness (QED) is 0.615. The Balaban J connectivity index is 1.88. The van der Waals surface area contributed by atoms with E-state index in [0.29, 0.717) is 11.3 Å². The van der Waals surface area contributed by atoms with Crippen molar-refractivity contribution in [2.24, 2.45) is 0 Å². The zero-order chi connectivity index (χ0) is 16.7. The predicted molar refractivity (Wildman–Crippen MR) is 88.9 cm³/mol. The number of anilines is 2. The second-order valence-electron chi connectivity index (χ2n) is 5.12. The Morgan fingerprint density at radius 2 is 1.65 bits per heavy atom. The van der Waals surface area contributed by atoms with Gasteiger partial charge in [0.05, 0.1) is 18.2 Å². The zero-order valence-electron chi connectivity index (χ0n) is 12.7. The van der Waals surface area contributed by atoms with Crippen molar-refractivity contribution < 1.29 is 14.7 Å². The molecule has 1 unspecified atom stereocenters. The van der Waals surface area contributed by atoms with E-state index in [-0.39, 0.29) is 18.2 Å². The van der Waals surface area contributed by atoms with Crippen molar-refractivity contribution in [3.05, 3.63) is 60.2 Å². The number of aliphatic hydroxyl groups is 1. The van der Waals surface area contributed by atoms with Crippen LogP contribution in [0.25, 0.3) is 0 Å². The first kappa shape index (κ1) is 16.5. The smallest absolute Gasteiger partial charge is 0.269 e. The minimum atomic E-state index is -0.691. The molecular formula is C17H19N3O3. The monoisotopic (exact) mass is 313 g/mol. The molecule has 4 N–H and O–H groups in total. The van der Waals surface area contributed by atoms with Crippen LogP contribution in [0.1, 0.15) is 23.7 Å². The molecule has 2 aromatic rings. The fourth-order valence-electron chi connectivity index (χ4n) is 1.91. The van der Waals surface area contributed by atoms with Gasteiger partial charge in [-0.2, -0.15) is 0 Å². The number of aliphatic hydroxyl groups excluding tert-OH is 1. The van der Waals surface area contributed by atoms with Crippen LogP contribution >= 0.6 is 0 Å². The number of hydrogen-bond donors (Lipinski definition) is 4. The summed E-state index contributed by atoms with van der Waals surface area (Å²) in [4.78, 5) is 23.5. The fourth-order valence-corrected chi connectivity index (χ4v) is 1.91. The molecule has 1 atom stereocenters. The second-order valence-corrected chi connectivity index (χ2v) is 5.12. The normalized spacial score (nSPS) is 11.4. The average Bonchev–Trinajstić information content (AvgIpc) is 2.53. The van der Waals surface area contributed by atoms with Crippen molar-refractivity contribution in [3.63, 3.8) is 0 Å². The van der Waals surface area contributed by atoms with Crippen LogP contribution < -0.4 is 16.2 Å². The number of nitrogens with one attached hydrogen (secondary N) is 3. The van der Waals surface area contributed by atoms with Gasteiger partial charge in [-0.05, 0) is 43.3 Å². The van der Waals surface area contributed by atoms with E-state index < -0.39 is 6.10 Å². The first-order chi connectivity index (χ1) is 11.0. The van der Waals surface area contributed by atoms with Crippen LogP contribution in [0.15, 0.2) is 54.6 Å². The first-order valence-corrected chi connectivity index (χ1v) is 7.24. The summed E-state index contributed by atoms with van der Waals surface area (Å²) >= 11 is 0. The number of amides is 2. The van der Waals surface area contributed by atoms with Crippen molar-refractivity contribution in [1.82, 2.24) is 5.43 Å². The first-order valence-electron chi connectivity index (χ1n) is 7.24. The maximum atomic E-state index is 12.0. The Kier molecular flexibility index (Phi) is 5.71. The molecule has 120 valence electrons. The van der Waals surface area contributed by atoms with E-state index in [4.69, 9.17) is 5.11 Å². The lowest BCUT2D eigenvalue weighted by Crippen LogP contribution is -2.29. The molecule has 0 fully saturated rings. The number of carbonyl (C=O) groups excluding carboxylic acids is 2. The highest BCUT2D eigenvalue weighted by atomic mass is 16.3. The van der Waals surface area contributed by atoms with E-state index >= 15 is 0 Å². The summed E-state index contributed by atoms with van der Waals surface area (Å²) in [6.45, 7) is 1.55. The predicted octanol–water partition coefficient (Wildman–Crippen LogP) is 2.15. The molecule has 0 spiro atoms. The lowest BCUT2D eigenvalue weighted by Gasteiger charge is -2.09. The minimum absolute atomic E-state index is 0.0310. The van der Waals surface area contributed by atoms with Gasteiger partial charge in [-0.1, -0.05) is 18.2 Å². The molecule has 0 aliphatic carbocycles. The maximum absolute atomic E-state index is 12.0. The van der Waals surface area contributed by atoms with Crippen molar-refractivity contribution in [2.45, 2.75) is 19.4 Å². The van der Waals surface area contributed by atoms with Crippen LogP contribution in [-0.2, 0) is 4.79 Å². The molecule has 0 saturated heterocycles.